The minimum atomic E-state index is -1.59. The summed E-state index contributed by atoms with van der Waals surface area (Å²) in [5, 5.41) is 20.5. The van der Waals surface area contributed by atoms with Crippen LogP contribution in [0.1, 0.15) is 25.3 Å². The van der Waals surface area contributed by atoms with Crippen LogP contribution in [0.15, 0.2) is 29.3 Å². The Labute approximate surface area is 145 Å². The van der Waals surface area contributed by atoms with Crippen LogP contribution in [-0.2, 0) is 9.47 Å². The van der Waals surface area contributed by atoms with Gasteiger partial charge in [-0.05, 0) is 31.5 Å². The van der Waals surface area contributed by atoms with Crippen molar-refractivity contribution < 1.29 is 9.47 Å². The number of nitrogens with two attached hydrogens (primary N) is 1. The van der Waals surface area contributed by atoms with E-state index in [2.05, 4.69) is 17.1 Å². The first kappa shape index (κ1) is 16.7. The molecule has 1 aliphatic heterocycles. The SMILES string of the molecule is CCOC1(OCC)N=C(N)C2(C#N)C(c3cccc(Cl)c3)C12C#N. The summed E-state index contributed by atoms with van der Waals surface area (Å²) in [5.41, 5.74) is 4.24. The third kappa shape index (κ3) is 1.68. The lowest BCUT2D eigenvalue weighted by Gasteiger charge is -2.31. The van der Waals surface area contributed by atoms with Gasteiger partial charge in [-0.3, -0.25) is 0 Å². The lowest BCUT2D eigenvalue weighted by atomic mass is 9.93. The molecule has 1 aromatic rings. The standard InChI is InChI=1S/C17H17ClN4O2/c1-3-23-17(24-4-2)16(10-20)13(11-6-5-7-12(18)8-11)15(16,9-19)14(21)22-17/h5-8,13H,3-4H2,1-2H3,(H2,21,22). The average molecular weight is 345 g/mol. The summed E-state index contributed by atoms with van der Waals surface area (Å²) in [6, 6.07) is 11.5. The zero-order chi connectivity index (χ0) is 17.6. The van der Waals surface area contributed by atoms with Gasteiger partial charge in [0.05, 0.1) is 12.1 Å². The van der Waals surface area contributed by atoms with Gasteiger partial charge in [0.25, 0.3) is 5.91 Å². The van der Waals surface area contributed by atoms with Crippen LogP contribution >= 0.6 is 11.6 Å². The van der Waals surface area contributed by atoms with Gasteiger partial charge in [0.2, 0.25) is 0 Å². The average Bonchev–Trinajstić information content (AvgIpc) is 3.14. The van der Waals surface area contributed by atoms with Gasteiger partial charge in [0.1, 0.15) is 11.3 Å². The normalized spacial score (nSPS) is 32.4. The molecule has 0 aromatic heterocycles. The molecule has 2 aliphatic rings. The second-order valence-electron chi connectivity index (χ2n) is 5.77. The van der Waals surface area contributed by atoms with Crippen molar-refractivity contribution in [2.75, 3.05) is 13.2 Å². The predicted molar refractivity (Wildman–Crippen MR) is 87.9 cm³/mol. The summed E-state index contributed by atoms with van der Waals surface area (Å²) in [7, 11) is 0. The van der Waals surface area contributed by atoms with Crippen molar-refractivity contribution in [3.05, 3.63) is 34.9 Å². The van der Waals surface area contributed by atoms with E-state index in [-0.39, 0.29) is 19.0 Å². The van der Waals surface area contributed by atoms with Gasteiger partial charge in [-0.2, -0.15) is 10.5 Å². The van der Waals surface area contributed by atoms with Gasteiger partial charge in [-0.25, -0.2) is 4.99 Å². The lowest BCUT2D eigenvalue weighted by molar-refractivity contribution is -0.255. The molecule has 0 saturated heterocycles. The quantitative estimate of drug-likeness (QED) is 0.826. The third-order valence-corrected chi connectivity index (χ3v) is 5.02. The Morgan fingerprint density at radius 3 is 2.42 bits per heavy atom. The van der Waals surface area contributed by atoms with Crippen LogP contribution in [0.2, 0.25) is 5.02 Å². The molecule has 1 aliphatic carbocycles. The number of hydrogen-bond donors (Lipinski definition) is 1. The smallest absolute Gasteiger partial charge is 0.293 e. The number of benzene rings is 1. The van der Waals surface area contributed by atoms with Gasteiger partial charge in [-0.15, -0.1) is 0 Å². The highest BCUT2D eigenvalue weighted by molar-refractivity contribution is 6.30. The van der Waals surface area contributed by atoms with Gasteiger partial charge >= 0.3 is 0 Å². The van der Waals surface area contributed by atoms with Crippen molar-refractivity contribution >= 4 is 17.4 Å². The van der Waals surface area contributed by atoms with Gasteiger partial charge in [0.15, 0.2) is 5.41 Å². The van der Waals surface area contributed by atoms with E-state index in [0.29, 0.717) is 5.02 Å². The van der Waals surface area contributed by atoms with Crippen LogP contribution in [0.3, 0.4) is 0 Å². The Hall–Kier alpha value is -2.12. The molecular weight excluding hydrogens is 328 g/mol. The topological polar surface area (TPSA) is 104 Å². The first-order valence-corrected chi connectivity index (χ1v) is 8.09. The molecule has 6 nitrogen and oxygen atoms in total. The molecule has 2 N–H and O–H groups in total. The first-order chi connectivity index (χ1) is 11.5. The highest BCUT2D eigenvalue weighted by atomic mass is 35.5. The van der Waals surface area contributed by atoms with E-state index in [1.807, 2.05) is 6.07 Å². The molecule has 7 heteroatoms. The summed E-state index contributed by atoms with van der Waals surface area (Å²) in [4.78, 5) is 4.29. The summed E-state index contributed by atoms with van der Waals surface area (Å²) in [5.74, 6) is -2.04. The van der Waals surface area contributed by atoms with Crippen molar-refractivity contribution in [3.8, 4) is 12.1 Å². The van der Waals surface area contributed by atoms with Gasteiger partial charge < -0.3 is 15.2 Å². The second-order valence-corrected chi connectivity index (χ2v) is 6.21. The summed E-state index contributed by atoms with van der Waals surface area (Å²) in [6.45, 7) is 4.09. The number of amidine groups is 1. The molecule has 0 spiro atoms. The molecule has 1 saturated carbocycles. The van der Waals surface area contributed by atoms with Crippen molar-refractivity contribution in [2.24, 2.45) is 21.6 Å². The largest absolute Gasteiger partial charge is 0.386 e. The Bertz CT molecular complexity index is 791. The molecule has 3 atom stereocenters. The Kier molecular flexibility index (Phi) is 3.80. The molecule has 0 bridgehead atoms. The molecule has 1 heterocycles. The lowest BCUT2D eigenvalue weighted by Crippen LogP contribution is -2.43. The first-order valence-electron chi connectivity index (χ1n) is 7.71. The van der Waals surface area contributed by atoms with Crippen LogP contribution in [-0.4, -0.2) is 25.0 Å². The van der Waals surface area contributed by atoms with E-state index in [9.17, 15) is 10.5 Å². The van der Waals surface area contributed by atoms with E-state index >= 15 is 0 Å². The summed E-state index contributed by atoms with van der Waals surface area (Å²) in [6.07, 6.45) is 0. The predicted octanol–water partition coefficient (Wildman–Crippen LogP) is 2.55. The Morgan fingerprint density at radius 2 is 1.92 bits per heavy atom. The van der Waals surface area contributed by atoms with Crippen LogP contribution < -0.4 is 5.73 Å². The number of nitrogens with zero attached hydrogens (tertiary/aromatic N) is 3. The highest BCUT2D eigenvalue weighted by Crippen LogP contribution is 2.82. The minimum absolute atomic E-state index is 0.0680. The minimum Gasteiger partial charge on any atom is -0.386 e. The number of ether oxygens (including phenoxy) is 2. The molecule has 0 radical (unpaired) electrons. The second kappa shape index (κ2) is 5.46. The van der Waals surface area contributed by atoms with Crippen molar-refractivity contribution in [3.63, 3.8) is 0 Å². The zero-order valence-electron chi connectivity index (χ0n) is 13.4. The maximum absolute atomic E-state index is 10.0. The van der Waals surface area contributed by atoms with Crippen LogP contribution in [0.4, 0.5) is 0 Å². The van der Waals surface area contributed by atoms with Crippen LogP contribution in [0.25, 0.3) is 0 Å². The number of rotatable bonds is 5. The fraction of sp³-hybridized carbons (Fsp3) is 0.471. The molecule has 124 valence electrons. The highest BCUT2D eigenvalue weighted by Gasteiger charge is 2.93. The van der Waals surface area contributed by atoms with Crippen molar-refractivity contribution in [1.82, 2.24) is 0 Å². The van der Waals surface area contributed by atoms with E-state index in [1.165, 1.54) is 0 Å². The fourth-order valence-corrected chi connectivity index (χ4v) is 4.13. The zero-order valence-corrected chi connectivity index (χ0v) is 14.2. The van der Waals surface area contributed by atoms with E-state index in [1.54, 1.807) is 32.0 Å². The van der Waals surface area contributed by atoms with Crippen molar-refractivity contribution in [2.45, 2.75) is 25.7 Å². The van der Waals surface area contributed by atoms with E-state index in [4.69, 9.17) is 26.8 Å². The van der Waals surface area contributed by atoms with Gasteiger partial charge in [-0.1, -0.05) is 23.7 Å². The number of halogens is 1. The van der Waals surface area contributed by atoms with Crippen LogP contribution in [0, 0.1) is 33.5 Å². The molecular formula is C17H17ClN4O2. The van der Waals surface area contributed by atoms with E-state index in [0.717, 1.165) is 5.56 Å². The Balaban J connectivity index is 2.23. The third-order valence-electron chi connectivity index (χ3n) is 4.79. The number of hydrogen-bond acceptors (Lipinski definition) is 6. The van der Waals surface area contributed by atoms with Gasteiger partial charge in [0, 0.05) is 24.2 Å². The molecule has 3 unspecified atom stereocenters. The van der Waals surface area contributed by atoms with E-state index < -0.39 is 22.7 Å². The number of aliphatic imine (C=N–C) groups is 1. The fourth-order valence-electron chi connectivity index (χ4n) is 3.94. The summed E-state index contributed by atoms with van der Waals surface area (Å²) < 4.78 is 11.5. The number of fused-ring (bicyclic) bond motifs is 1. The monoisotopic (exact) mass is 344 g/mol. The maximum atomic E-state index is 10.0. The van der Waals surface area contributed by atoms with Crippen molar-refractivity contribution in [1.29, 1.82) is 10.5 Å². The van der Waals surface area contributed by atoms with Crippen LogP contribution in [0.5, 0.6) is 0 Å². The number of nitriles is 2. The molecule has 0 amide bonds. The molecule has 1 aromatic carbocycles. The Morgan fingerprint density at radius 1 is 1.25 bits per heavy atom. The molecule has 24 heavy (non-hydrogen) atoms. The molecule has 1 fully saturated rings. The molecule has 3 rings (SSSR count). The summed E-state index contributed by atoms with van der Waals surface area (Å²) >= 11 is 6.09. The maximum Gasteiger partial charge on any atom is 0.293 e.